The number of hydrogen-bond donors (Lipinski definition) is 2. The van der Waals surface area contributed by atoms with E-state index in [0.29, 0.717) is 5.25 Å². The minimum absolute atomic E-state index is 0. The highest BCUT2D eigenvalue weighted by Crippen LogP contribution is 2.12. The third-order valence-corrected chi connectivity index (χ3v) is 4.40. The SMILES string of the molecule is CCNC(=NCC(C)SC)N1CC[C@@H](NC(=O)OC(C)(C)C)C1.I. The number of guanidine groups is 1. The number of likely N-dealkylation sites (tertiary alicyclic amines) is 1. The van der Waals surface area contributed by atoms with Crippen molar-refractivity contribution in [1.29, 1.82) is 0 Å². The van der Waals surface area contributed by atoms with Crippen molar-refractivity contribution in [3.63, 3.8) is 0 Å². The number of carbonyl (C=O) groups is 1. The average molecular weight is 472 g/mol. The van der Waals surface area contributed by atoms with Gasteiger partial charge < -0.3 is 20.3 Å². The number of nitrogens with zero attached hydrogens (tertiary/aromatic N) is 2. The summed E-state index contributed by atoms with van der Waals surface area (Å²) in [6.45, 7) is 13.1. The number of rotatable bonds is 5. The molecule has 1 rings (SSSR count). The fourth-order valence-corrected chi connectivity index (χ4v) is 2.48. The summed E-state index contributed by atoms with van der Waals surface area (Å²) in [5.74, 6) is 0.932. The number of thioether (sulfide) groups is 1. The molecule has 1 amide bonds. The van der Waals surface area contributed by atoms with E-state index in [1.165, 1.54) is 0 Å². The molecule has 0 saturated carbocycles. The van der Waals surface area contributed by atoms with Crippen molar-refractivity contribution in [3.8, 4) is 0 Å². The summed E-state index contributed by atoms with van der Waals surface area (Å²) in [5.41, 5.74) is -0.466. The van der Waals surface area contributed by atoms with Gasteiger partial charge in [0.2, 0.25) is 0 Å². The lowest BCUT2D eigenvalue weighted by Gasteiger charge is -2.23. The number of amides is 1. The standard InChI is InChI=1S/C16H32N4O2S.HI/c1-7-17-14(18-10-12(2)23-6)20-9-8-13(11-20)19-15(21)22-16(3,4)5;/h12-13H,7-11H2,1-6H3,(H,17,18)(H,19,21);1H/t12?,13-;/m1./s1. The van der Waals surface area contributed by atoms with Gasteiger partial charge in [0.05, 0.1) is 12.6 Å². The number of hydrogen-bond acceptors (Lipinski definition) is 4. The van der Waals surface area contributed by atoms with Crippen LogP contribution in [0.1, 0.15) is 41.0 Å². The second-order valence-electron chi connectivity index (χ2n) is 6.82. The Morgan fingerprint density at radius 2 is 2.12 bits per heavy atom. The monoisotopic (exact) mass is 472 g/mol. The van der Waals surface area contributed by atoms with Crippen molar-refractivity contribution in [2.24, 2.45) is 4.99 Å². The van der Waals surface area contributed by atoms with Gasteiger partial charge in [0, 0.05) is 24.9 Å². The molecule has 0 aromatic heterocycles. The van der Waals surface area contributed by atoms with Crippen molar-refractivity contribution in [3.05, 3.63) is 0 Å². The van der Waals surface area contributed by atoms with Crippen LogP contribution < -0.4 is 10.6 Å². The third kappa shape index (κ3) is 9.19. The molecule has 6 nitrogen and oxygen atoms in total. The highest BCUT2D eigenvalue weighted by molar-refractivity contribution is 14.0. The molecule has 0 bridgehead atoms. The van der Waals surface area contributed by atoms with Crippen LogP contribution in [0.2, 0.25) is 0 Å². The molecule has 1 aliphatic rings. The first-order valence-corrected chi connectivity index (χ1v) is 9.59. The lowest BCUT2D eigenvalue weighted by Crippen LogP contribution is -2.44. The number of nitrogens with one attached hydrogen (secondary N) is 2. The quantitative estimate of drug-likeness (QED) is 0.366. The van der Waals surface area contributed by atoms with Gasteiger partial charge in [-0.3, -0.25) is 4.99 Å². The van der Waals surface area contributed by atoms with Crippen molar-refractivity contribution in [2.45, 2.75) is 57.9 Å². The van der Waals surface area contributed by atoms with Crippen molar-refractivity contribution >= 4 is 47.8 Å². The van der Waals surface area contributed by atoms with E-state index in [1.807, 2.05) is 32.5 Å². The first-order valence-electron chi connectivity index (χ1n) is 8.30. The molecule has 0 aromatic rings. The van der Waals surface area contributed by atoms with Crippen LogP contribution in [0.15, 0.2) is 4.99 Å². The van der Waals surface area contributed by atoms with E-state index in [1.54, 1.807) is 0 Å². The number of alkyl carbamates (subject to hydrolysis) is 1. The van der Waals surface area contributed by atoms with Crippen LogP contribution >= 0.6 is 35.7 Å². The highest BCUT2D eigenvalue weighted by Gasteiger charge is 2.27. The summed E-state index contributed by atoms with van der Waals surface area (Å²) in [7, 11) is 0. The minimum atomic E-state index is -0.466. The van der Waals surface area contributed by atoms with Crippen LogP contribution in [-0.4, -0.2) is 66.3 Å². The molecular weight excluding hydrogens is 439 g/mol. The molecule has 0 aliphatic carbocycles. The van der Waals surface area contributed by atoms with Gasteiger partial charge in [0.1, 0.15) is 5.60 Å². The fourth-order valence-electron chi connectivity index (χ4n) is 2.26. The van der Waals surface area contributed by atoms with Gasteiger partial charge in [0.15, 0.2) is 5.96 Å². The molecule has 0 aromatic carbocycles. The second kappa shape index (κ2) is 11.3. The average Bonchev–Trinajstić information content (AvgIpc) is 2.89. The Balaban J connectivity index is 0.00000529. The molecule has 8 heteroatoms. The van der Waals surface area contributed by atoms with E-state index in [4.69, 9.17) is 9.73 Å². The summed E-state index contributed by atoms with van der Waals surface area (Å²) in [6.07, 6.45) is 2.66. The molecule has 1 unspecified atom stereocenters. The molecule has 24 heavy (non-hydrogen) atoms. The van der Waals surface area contributed by atoms with Crippen LogP contribution in [-0.2, 0) is 4.74 Å². The minimum Gasteiger partial charge on any atom is -0.444 e. The van der Waals surface area contributed by atoms with E-state index in [0.717, 1.165) is 38.6 Å². The molecule has 1 saturated heterocycles. The number of aliphatic imine (C=N–C) groups is 1. The normalized spacial score (nSPS) is 19.5. The molecule has 142 valence electrons. The van der Waals surface area contributed by atoms with Crippen LogP contribution in [0.5, 0.6) is 0 Å². The number of halogens is 1. The van der Waals surface area contributed by atoms with Gasteiger partial charge >= 0.3 is 6.09 Å². The second-order valence-corrected chi connectivity index (χ2v) is 8.09. The van der Waals surface area contributed by atoms with E-state index in [-0.39, 0.29) is 36.1 Å². The van der Waals surface area contributed by atoms with Gasteiger partial charge in [0.25, 0.3) is 0 Å². The Bertz CT molecular complexity index is 415. The maximum Gasteiger partial charge on any atom is 0.407 e. The largest absolute Gasteiger partial charge is 0.444 e. The van der Waals surface area contributed by atoms with Crippen LogP contribution in [0.25, 0.3) is 0 Å². The van der Waals surface area contributed by atoms with Crippen LogP contribution in [0, 0.1) is 0 Å². The Morgan fingerprint density at radius 3 is 2.67 bits per heavy atom. The third-order valence-electron chi connectivity index (χ3n) is 3.44. The molecule has 0 radical (unpaired) electrons. The molecular formula is C16H33IN4O2S. The summed E-state index contributed by atoms with van der Waals surface area (Å²) in [4.78, 5) is 18.8. The molecule has 2 N–H and O–H groups in total. The van der Waals surface area contributed by atoms with Gasteiger partial charge in [-0.05, 0) is 40.4 Å². The lowest BCUT2D eigenvalue weighted by atomic mass is 10.2. The molecule has 1 aliphatic heterocycles. The maximum atomic E-state index is 11.9. The van der Waals surface area contributed by atoms with Gasteiger partial charge in [-0.1, -0.05) is 6.92 Å². The Labute approximate surface area is 168 Å². The van der Waals surface area contributed by atoms with Crippen LogP contribution in [0.4, 0.5) is 4.79 Å². The van der Waals surface area contributed by atoms with E-state index in [9.17, 15) is 4.79 Å². The topological polar surface area (TPSA) is 66.0 Å². The summed E-state index contributed by atoms with van der Waals surface area (Å²) in [6, 6.07) is 0.103. The molecule has 2 atom stereocenters. The predicted molar refractivity (Wildman–Crippen MR) is 114 cm³/mol. The van der Waals surface area contributed by atoms with E-state index < -0.39 is 5.60 Å². The summed E-state index contributed by atoms with van der Waals surface area (Å²) < 4.78 is 5.32. The number of ether oxygens (including phenoxy) is 1. The van der Waals surface area contributed by atoms with Crippen LogP contribution in [0.3, 0.4) is 0 Å². The Kier molecular flexibility index (Phi) is 11.1. The summed E-state index contributed by atoms with van der Waals surface area (Å²) in [5, 5.41) is 6.79. The lowest BCUT2D eigenvalue weighted by molar-refractivity contribution is 0.0507. The Morgan fingerprint density at radius 1 is 1.46 bits per heavy atom. The number of carbonyl (C=O) groups excluding carboxylic acids is 1. The highest BCUT2D eigenvalue weighted by atomic mass is 127. The zero-order valence-electron chi connectivity index (χ0n) is 15.7. The molecule has 1 heterocycles. The van der Waals surface area contributed by atoms with Gasteiger partial charge in [-0.2, -0.15) is 11.8 Å². The zero-order chi connectivity index (χ0) is 17.5. The first kappa shape index (κ1) is 23.6. The first-order chi connectivity index (χ1) is 10.7. The maximum absolute atomic E-state index is 11.9. The fraction of sp³-hybridized carbons (Fsp3) is 0.875. The van der Waals surface area contributed by atoms with Crippen molar-refractivity contribution < 1.29 is 9.53 Å². The summed E-state index contributed by atoms with van der Waals surface area (Å²) >= 11 is 1.81. The van der Waals surface area contributed by atoms with Gasteiger partial charge in [-0.15, -0.1) is 24.0 Å². The predicted octanol–water partition coefficient (Wildman–Crippen LogP) is 2.92. The van der Waals surface area contributed by atoms with Gasteiger partial charge in [-0.25, -0.2) is 4.79 Å². The molecule has 1 fully saturated rings. The molecule has 0 spiro atoms. The Hall–Kier alpha value is -0.380. The van der Waals surface area contributed by atoms with Crippen molar-refractivity contribution in [1.82, 2.24) is 15.5 Å². The smallest absolute Gasteiger partial charge is 0.407 e. The zero-order valence-corrected chi connectivity index (χ0v) is 18.9. The van der Waals surface area contributed by atoms with Crippen molar-refractivity contribution in [2.75, 3.05) is 32.4 Å². The van der Waals surface area contributed by atoms with E-state index in [2.05, 4.69) is 35.6 Å². The van der Waals surface area contributed by atoms with E-state index >= 15 is 0 Å².